The number of benzene rings is 6. The first-order valence-electron chi connectivity index (χ1n) is 15.5. The summed E-state index contributed by atoms with van der Waals surface area (Å²) in [5.41, 5.74) is -11.2. The lowest BCUT2D eigenvalue weighted by Crippen LogP contribution is -2.07. The topological polar surface area (TPSA) is 60.7 Å². The summed E-state index contributed by atoms with van der Waals surface area (Å²) in [7, 11) is -2.17. The third-order valence-corrected chi connectivity index (χ3v) is 7.42. The van der Waals surface area contributed by atoms with Gasteiger partial charge in [0.1, 0.15) is 0 Å². The Morgan fingerprint density at radius 2 is 0.250 bits per heavy atom. The second-order valence-corrected chi connectivity index (χ2v) is 11.4. The zero-order chi connectivity index (χ0) is 49.1. The van der Waals surface area contributed by atoms with E-state index in [1.54, 1.807) is 0 Å². The van der Waals surface area contributed by atoms with Crippen molar-refractivity contribution in [3.05, 3.63) is 176 Å². The van der Waals surface area contributed by atoms with E-state index < -0.39 is 180 Å². The fraction of sp³-hybridized carbons (Fsp3) is 0. The molecule has 0 aliphatic heterocycles. The summed E-state index contributed by atoms with van der Waals surface area (Å²) in [4.78, 5) is 0. The Bertz CT molecular complexity index is 2150. The van der Waals surface area contributed by atoms with Gasteiger partial charge in [0.2, 0.25) is 0 Å². The minimum absolute atomic E-state index is 0.209. The molecule has 6 rings (SSSR count). The first-order valence-corrected chi connectivity index (χ1v) is 15.5. The van der Waals surface area contributed by atoms with E-state index in [0.29, 0.717) is 0 Å². The molecule has 0 saturated heterocycles. The molecule has 64 heavy (non-hydrogen) atoms. The van der Waals surface area contributed by atoms with E-state index in [2.05, 4.69) is 0 Å². The van der Waals surface area contributed by atoms with Crippen LogP contribution in [-0.2, 0) is 0 Å². The first kappa shape index (κ1) is 51.9. The maximum atomic E-state index is 13.4. The molecule has 3 nitrogen and oxygen atoms in total. The van der Waals surface area contributed by atoms with Gasteiger partial charge in [-0.05, 0) is 0 Å². The van der Waals surface area contributed by atoms with E-state index >= 15 is 0 Å². The average molecular weight is 956 g/mol. The zero-order valence-electron chi connectivity index (χ0n) is 29.5. The van der Waals surface area contributed by atoms with Gasteiger partial charge < -0.3 is 15.1 Å². The monoisotopic (exact) mass is 956 g/mol. The smallest absolute Gasteiger partial charge is 0.402 e. The molecule has 28 heteroatoms. The van der Waals surface area contributed by atoms with Crippen LogP contribution in [0, 0.1) is 140 Å². The Morgan fingerprint density at radius 3 is 0.312 bits per heavy atom. The van der Waals surface area contributed by atoms with Crippen molar-refractivity contribution in [1.82, 2.24) is 0 Å². The molecule has 6 aromatic carbocycles. The molecule has 0 aliphatic rings. The maximum Gasteiger partial charge on any atom is 0.631 e. The van der Waals surface area contributed by atoms with Crippen LogP contribution in [0.3, 0.4) is 0 Å². The van der Waals surface area contributed by atoms with Crippen molar-refractivity contribution >= 4 is 7.32 Å². The predicted octanol–water partition coefficient (Wildman–Crippen LogP) is 11.3. The lowest BCUT2D eigenvalue weighted by Gasteiger charge is -2.10. The predicted molar refractivity (Wildman–Crippen MR) is 167 cm³/mol. The van der Waals surface area contributed by atoms with Crippen LogP contribution in [0.25, 0.3) is 33.4 Å². The van der Waals surface area contributed by atoms with Crippen LogP contribution in [0.2, 0.25) is 0 Å². The van der Waals surface area contributed by atoms with Crippen LogP contribution >= 0.6 is 0 Å². The van der Waals surface area contributed by atoms with Crippen LogP contribution in [0.15, 0.2) is 36.4 Å². The van der Waals surface area contributed by atoms with Crippen LogP contribution in [-0.4, -0.2) is 22.4 Å². The summed E-state index contributed by atoms with van der Waals surface area (Å²) in [5.74, 6) is -49.7. The highest BCUT2D eigenvalue weighted by Crippen LogP contribution is 2.38. The molecule has 0 spiro atoms. The molecule has 0 amide bonds. The third-order valence-electron chi connectivity index (χ3n) is 7.42. The number of hydrogen-bond donors (Lipinski definition) is 3. The Hall–Kier alpha value is -6.42. The maximum absolute atomic E-state index is 13.4. The van der Waals surface area contributed by atoms with E-state index in [1.807, 2.05) is 0 Å². The van der Waals surface area contributed by atoms with Crippen molar-refractivity contribution in [1.29, 1.82) is 0 Å². The summed E-state index contributed by atoms with van der Waals surface area (Å²) in [6, 6.07) is -1.25. The van der Waals surface area contributed by atoms with Crippen molar-refractivity contribution in [2.24, 2.45) is 0 Å². The van der Waals surface area contributed by atoms with Crippen LogP contribution < -0.4 is 0 Å². The van der Waals surface area contributed by atoms with Crippen molar-refractivity contribution < 1.29 is 120 Å². The van der Waals surface area contributed by atoms with Crippen molar-refractivity contribution in [3.8, 4) is 33.4 Å². The zero-order valence-corrected chi connectivity index (χ0v) is 29.5. The van der Waals surface area contributed by atoms with Gasteiger partial charge in [0.15, 0.2) is 140 Å². The quantitative estimate of drug-likeness (QED) is 0.0941. The molecule has 6 aromatic rings. The number of hydrogen-bond acceptors (Lipinski definition) is 3. The molecule has 0 atom stereocenters. The molecule has 0 aliphatic carbocycles. The van der Waals surface area contributed by atoms with Crippen molar-refractivity contribution in [3.63, 3.8) is 0 Å². The molecular weight excluding hydrogens is 947 g/mol. The van der Waals surface area contributed by atoms with Gasteiger partial charge in [-0.3, -0.25) is 0 Å². The standard InChI is InChI=1S/3C12H2F8.BH3O3/c3*13-3-1-4(14)10(18)7(9(3)17)8-11(19)5(15)2-6(16)12(8)20;2-1(3)4/h3*1-2H;2-4H. The Balaban J connectivity index is 0.000000244. The third kappa shape index (κ3) is 10.5. The minimum Gasteiger partial charge on any atom is -0.402 e. The lowest BCUT2D eigenvalue weighted by atomic mass is 10.0. The molecule has 342 valence electrons. The van der Waals surface area contributed by atoms with Gasteiger partial charge in [0.05, 0.1) is 33.4 Å². The highest BCUT2D eigenvalue weighted by atomic mass is 19.2. The van der Waals surface area contributed by atoms with E-state index in [1.165, 1.54) is 0 Å². The van der Waals surface area contributed by atoms with Gasteiger partial charge in [-0.15, -0.1) is 0 Å². The summed E-state index contributed by atoms with van der Waals surface area (Å²) in [5, 5.41) is 21.5. The largest absolute Gasteiger partial charge is 0.631 e. The van der Waals surface area contributed by atoms with Gasteiger partial charge in [-0.2, -0.15) is 0 Å². The van der Waals surface area contributed by atoms with E-state index in [9.17, 15) is 105 Å². The molecule has 0 radical (unpaired) electrons. The van der Waals surface area contributed by atoms with Crippen LogP contribution in [0.5, 0.6) is 0 Å². The average Bonchev–Trinajstić information content (AvgIpc) is 3.20. The Labute approximate surface area is 337 Å². The van der Waals surface area contributed by atoms with Gasteiger partial charge >= 0.3 is 7.32 Å². The van der Waals surface area contributed by atoms with Crippen LogP contribution in [0.1, 0.15) is 0 Å². The normalized spacial score (nSPS) is 10.7. The Morgan fingerprint density at radius 1 is 0.188 bits per heavy atom. The fourth-order valence-corrected chi connectivity index (χ4v) is 4.76. The molecule has 3 N–H and O–H groups in total. The Kier molecular flexibility index (Phi) is 16.5. The summed E-state index contributed by atoms with van der Waals surface area (Å²) < 4.78 is 316. The molecule has 0 aromatic heterocycles. The van der Waals surface area contributed by atoms with Crippen molar-refractivity contribution in [2.45, 2.75) is 0 Å². The fourth-order valence-electron chi connectivity index (χ4n) is 4.76. The highest BCUT2D eigenvalue weighted by Gasteiger charge is 2.32. The van der Waals surface area contributed by atoms with Gasteiger partial charge in [0, 0.05) is 36.4 Å². The summed E-state index contributed by atoms with van der Waals surface area (Å²) in [6.45, 7) is 0. The van der Waals surface area contributed by atoms with Gasteiger partial charge in [-0.1, -0.05) is 0 Å². The molecule has 0 heterocycles. The van der Waals surface area contributed by atoms with Gasteiger partial charge in [-0.25, -0.2) is 105 Å². The van der Waals surface area contributed by atoms with E-state index in [0.717, 1.165) is 0 Å². The lowest BCUT2D eigenvalue weighted by molar-refractivity contribution is 0.278. The SMILES string of the molecule is Fc1cc(F)c(F)c(-c2c(F)c(F)cc(F)c2F)c1F.Fc1cc(F)c(F)c(-c2c(F)c(F)cc(F)c2F)c1F.Fc1cc(F)c(F)c(-c2c(F)c(F)cc(F)c2F)c1F.OB(O)O. The molecular formula is C36H9BF24O3. The summed E-state index contributed by atoms with van der Waals surface area (Å²) in [6.07, 6.45) is 0. The van der Waals surface area contributed by atoms with Crippen molar-refractivity contribution in [2.75, 3.05) is 0 Å². The summed E-state index contributed by atoms with van der Waals surface area (Å²) >= 11 is 0. The first-order chi connectivity index (χ1) is 29.5. The van der Waals surface area contributed by atoms with Crippen LogP contribution in [0.4, 0.5) is 105 Å². The number of halogens is 24. The molecule has 0 bridgehead atoms. The van der Waals surface area contributed by atoms with E-state index in [-0.39, 0.29) is 36.4 Å². The van der Waals surface area contributed by atoms with E-state index in [4.69, 9.17) is 15.1 Å². The molecule has 0 fully saturated rings. The second-order valence-electron chi connectivity index (χ2n) is 11.4. The second kappa shape index (κ2) is 20.4. The van der Waals surface area contributed by atoms with Gasteiger partial charge in [0.25, 0.3) is 0 Å². The highest BCUT2D eigenvalue weighted by molar-refractivity contribution is 6.30. The molecule has 0 unspecified atom stereocenters. The molecule has 0 saturated carbocycles. The minimum atomic E-state index is -2.17. The number of rotatable bonds is 3.